The predicted octanol–water partition coefficient (Wildman–Crippen LogP) is 2.25. The maximum Gasteiger partial charge on any atom is 0.131 e. The van der Waals surface area contributed by atoms with Crippen molar-refractivity contribution >= 4 is 11.6 Å². The summed E-state index contributed by atoms with van der Waals surface area (Å²) in [5.74, 6) is 1.91. The van der Waals surface area contributed by atoms with Crippen molar-refractivity contribution in [2.75, 3.05) is 29.9 Å². The van der Waals surface area contributed by atoms with E-state index < -0.39 is 0 Å². The van der Waals surface area contributed by atoms with Crippen molar-refractivity contribution in [1.29, 1.82) is 0 Å². The zero-order valence-electron chi connectivity index (χ0n) is 11.1. The Hall–Kier alpha value is -1.29. The molecule has 18 heavy (non-hydrogen) atoms. The van der Waals surface area contributed by atoms with E-state index in [2.05, 4.69) is 22.1 Å². The van der Waals surface area contributed by atoms with Gasteiger partial charge >= 0.3 is 0 Å². The Morgan fingerprint density at radius 2 is 2.28 bits per heavy atom. The smallest absolute Gasteiger partial charge is 0.131 e. The second-order valence-corrected chi connectivity index (χ2v) is 4.81. The molecule has 0 unspecified atom stereocenters. The average molecular weight is 249 g/mol. The van der Waals surface area contributed by atoms with E-state index in [1.165, 1.54) is 19.3 Å². The van der Waals surface area contributed by atoms with Crippen LogP contribution in [0.2, 0.25) is 0 Å². The number of pyridine rings is 1. The van der Waals surface area contributed by atoms with Crippen molar-refractivity contribution in [3.05, 3.63) is 18.2 Å². The summed E-state index contributed by atoms with van der Waals surface area (Å²) in [6, 6.07) is 6.62. The van der Waals surface area contributed by atoms with Crippen molar-refractivity contribution in [3.8, 4) is 0 Å². The molecule has 1 saturated carbocycles. The maximum atomic E-state index is 9.19. The third-order valence-electron chi connectivity index (χ3n) is 3.44. The summed E-state index contributed by atoms with van der Waals surface area (Å²) in [6.45, 7) is 3.95. The van der Waals surface area contributed by atoms with Gasteiger partial charge in [0.1, 0.15) is 11.6 Å². The molecule has 1 heterocycles. The highest BCUT2D eigenvalue weighted by atomic mass is 16.3. The van der Waals surface area contributed by atoms with Gasteiger partial charge in [0.05, 0.1) is 6.61 Å². The zero-order valence-corrected chi connectivity index (χ0v) is 11.1. The molecule has 0 atom stereocenters. The molecule has 0 radical (unpaired) electrons. The number of rotatable bonds is 7. The molecule has 1 aliphatic rings. The van der Waals surface area contributed by atoms with Gasteiger partial charge in [-0.1, -0.05) is 13.0 Å². The van der Waals surface area contributed by atoms with Crippen LogP contribution in [0.3, 0.4) is 0 Å². The molecule has 1 aliphatic carbocycles. The lowest BCUT2D eigenvalue weighted by atomic mass is 9.91. The fraction of sp³-hybridized carbons (Fsp3) is 0.643. The van der Waals surface area contributed by atoms with E-state index in [1.807, 2.05) is 18.2 Å². The van der Waals surface area contributed by atoms with Gasteiger partial charge in [0.2, 0.25) is 0 Å². The van der Waals surface area contributed by atoms with E-state index in [9.17, 15) is 5.11 Å². The Kier molecular flexibility index (Phi) is 4.81. The van der Waals surface area contributed by atoms with Crippen molar-refractivity contribution in [1.82, 2.24) is 4.98 Å². The van der Waals surface area contributed by atoms with Crippen molar-refractivity contribution in [2.45, 2.75) is 38.6 Å². The fourth-order valence-corrected chi connectivity index (χ4v) is 2.23. The first-order valence-corrected chi connectivity index (χ1v) is 6.93. The molecule has 1 aromatic heterocycles. The van der Waals surface area contributed by atoms with Gasteiger partial charge in [-0.05, 0) is 37.8 Å². The molecular weight excluding hydrogens is 226 g/mol. The van der Waals surface area contributed by atoms with Crippen LogP contribution in [-0.4, -0.2) is 35.8 Å². The SMILES string of the molecule is CCCNc1cccc(N(CCO)C2CCC2)n1. The molecule has 2 rings (SSSR count). The third-order valence-corrected chi connectivity index (χ3v) is 3.44. The number of hydrogen-bond donors (Lipinski definition) is 2. The molecule has 100 valence electrons. The van der Waals surface area contributed by atoms with E-state index in [-0.39, 0.29) is 6.61 Å². The summed E-state index contributed by atoms with van der Waals surface area (Å²) in [6.07, 6.45) is 4.82. The van der Waals surface area contributed by atoms with Crippen LogP contribution in [0.1, 0.15) is 32.6 Å². The highest BCUT2D eigenvalue weighted by Crippen LogP contribution is 2.28. The Morgan fingerprint density at radius 3 is 2.89 bits per heavy atom. The average Bonchev–Trinajstić information content (AvgIpc) is 2.34. The van der Waals surface area contributed by atoms with Gasteiger partial charge in [0.15, 0.2) is 0 Å². The first-order valence-electron chi connectivity index (χ1n) is 6.93. The summed E-state index contributed by atoms with van der Waals surface area (Å²) in [5, 5.41) is 12.5. The summed E-state index contributed by atoms with van der Waals surface area (Å²) in [4.78, 5) is 6.87. The van der Waals surface area contributed by atoms with E-state index >= 15 is 0 Å². The molecule has 1 aromatic rings. The standard InChI is InChI=1S/C14H23N3O/c1-2-9-15-13-7-4-8-14(16-13)17(10-11-18)12-5-3-6-12/h4,7-8,12,18H,2-3,5-6,9-11H2,1H3,(H,15,16). The zero-order chi connectivity index (χ0) is 12.8. The molecule has 0 saturated heterocycles. The first kappa shape index (κ1) is 13.1. The Balaban J connectivity index is 2.08. The lowest BCUT2D eigenvalue weighted by molar-refractivity contribution is 0.283. The number of anilines is 2. The van der Waals surface area contributed by atoms with E-state index in [4.69, 9.17) is 0 Å². The van der Waals surface area contributed by atoms with Gasteiger partial charge in [-0.15, -0.1) is 0 Å². The van der Waals surface area contributed by atoms with Gasteiger partial charge in [0.25, 0.3) is 0 Å². The van der Waals surface area contributed by atoms with Crippen LogP contribution in [0, 0.1) is 0 Å². The predicted molar refractivity (Wildman–Crippen MR) is 75.1 cm³/mol. The minimum absolute atomic E-state index is 0.185. The summed E-state index contributed by atoms with van der Waals surface area (Å²) < 4.78 is 0. The number of aromatic nitrogens is 1. The summed E-state index contributed by atoms with van der Waals surface area (Å²) in [5.41, 5.74) is 0. The van der Waals surface area contributed by atoms with Crippen LogP contribution in [0.4, 0.5) is 11.6 Å². The topological polar surface area (TPSA) is 48.4 Å². The van der Waals surface area contributed by atoms with Gasteiger partial charge < -0.3 is 15.3 Å². The monoisotopic (exact) mass is 249 g/mol. The Labute approximate surface area is 109 Å². The van der Waals surface area contributed by atoms with E-state index in [1.54, 1.807) is 0 Å². The molecule has 0 aliphatic heterocycles. The fourth-order valence-electron chi connectivity index (χ4n) is 2.23. The number of aliphatic hydroxyl groups excluding tert-OH is 1. The molecule has 2 N–H and O–H groups in total. The summed E-state index contributed by atoms with van der Waals surface area (Å²) in [7, 11) is 0. The van der Waals surface area contributed by atoms with Gasteiger partial charge in [-0.2, -0.15) is 0 Å². The van der Waals surface area contributed by atoms with Crippen molar-refractivity contribution in [2.24, 2.45) is 0 Å². The normalized spacial score (nSPS) is 15.2. The van der Waals surface area contributed by atoms with Gasteiger partial charge in [0, 0.05) is 19.1 Å². The van der Waals surface area contributed by atoms with Crippen LogP contribution >= 0.6 is 0 Å². The minimum atomic E-state index is 0.185. The highest BCUT2D eigenvalue weighted by molar-refractivity contribution is 5.48. The molecule has 1 fully saturated rings. The second kappa shape index (κ2) is 6.59. The minimum Gasteiger partial charge on any atom is -0.395 e. The van der Waals surface area contributed by atoms with Crippen molar-refractivity contribution in [3.63, 3.8) is 0 Å². The maximum absolute atomic E-state index is 9.19. The Morgan fingerprint density at radius 1 is 1.44 bits per heavy atom. The Bertz CT molecular complexity index is 366. The molecular formula is C14H23N3O. The molecule has 0 aromatic carbocycles. The number of hydrogen-bond acceptors (Lipinski definition) is 4. The summed E-state index contributed by atoms with van der Waals surface area (Å²) >= 11 is 0. The van der Waals surface area contributed by atoms with Gasteiger partial charge in [-0.3, -0.25) is 0 Å². The van der Waals surface area contributed by atoms with Crippen molar-refractivity contribution < 1.29 is 5.11 Å². The quantitative estimate of drug-likeness (QED) is 0.778. The van der Waals surface area contributed by atoms with Crippen LogP contribution in [-0.2, 0) is 0 Å². The van der Waals surface area contributed by atoms with Crippen LogP contribution < -0.4 is 10.2 Å². The highest BCUT2D eigenvalue weighted by Gasteiger charge is 2.25. The molecule has 0 amide bonds. The lowest BCUT2D eigenvalue weighted by Gasteiger charge is -2.38. The molecule has 0 bridgehead atoms. The van der Waals surface area contributed by atoms with Gasteiger partial charge in [-0.25, -0.2) is 4.98 Å². The lowest BCUT2D eigenvalue weighted by Crippen LogP contribution is -2.42. The number of nitrogens with one attached hydrogen (secondary N) is 1. The van der Waals surface area contributed by atoms with E-state index in [0.717, 1.165) is 24.6 Å². The molecule has 4 nitrogen and oxygen atoms in total. The van der Waals surface area contributed by atoms with Crippen LogP contribution in [0.5, 0.6) is 0 Å². The molecule has 0 spiro atoms. The number of aliphatic hydroxyl groups is 1. The van der Waals surface area contributed by atoms with Crippen LogP contribution in [0.15, 0.2) is 18.2 Å². The first-order chi connectivity index (χ1) is 8.85. The number of nitrogens with zero attached hydrogens (tertiary/aromatic N) is 2. The van der Waals surface area contributed by atoms with E-state index in [0.29, 0.717) is 12.6 Å². The van der Waals surface area contributed by atoms with Crippen LogP contribution in [0.25, 0.3) is 0 Å². The third kappa shape index (κ3) is 3.13. The molecule has 4 heteroatoms. The second-order valence-electron chi connectivity index (χ2n) is 4.81. The largest absolute Gasteiger partial charge is 0.395 e.